The van der Waals surface area contributed by atoms with Crippen molar-refractivity contribution in [3.05, 3.63) is 78.5 Å². The highest BCUT2D eigenvalue weighted by molar-refractivity contribution is 6.01. The lowest BCUT2D eigenvalue weighted by Crippen LogP contribution is -2.31. The van der Waals surface area contributed by atoms with E-state index in [0.29, 0.717) is 0 Å². The fourth-order valence-electron chi connectivity index (χ4n) is 3.90. The Balaban J connectivity index is 1.83. The van der Waals surface area contributed by atoms with E-state index in [1.165, 1.54) is 5.56 Å². The van der Waals surface area contributed by atoms with Gasteiger partial charge in [-0.1, -0.05) is 36.4 Å². The van der Waals surface area contributed by atoms with Crippen LogP contribution >= 0.6 is 0 Å². The van der Waals surface area contributed by atoms with Crippen LogP contribution in [0.4, 0.5) is 0 Å². The highest BCUT2D eigenvalue weighted by Crippen LogP contribution is 2.36. The first-order chi connectivity index (χ1) is 12.4. The quantitative estimate of drug-likeness (QED) is 0.427. The SMILES string of the molecule is c1ccc(-n2c3[n+](c4c5ccccc5oc42)Cc2cccnc2-3)cc1. The van der Waals surface area contributed by atoms with Crippen molar-refractivity contribution in [2.24, 2.45) is 0 Å². The Kier molecular flexibility index (Phi) is 2.37. The molecule has 0 aliphatic carbocycles. The molecule has 6 rings (SSSR count). The Morgan fingerprint density at radius 2 is 1.76 bits per heavy atom. The Hall–Kier alpha value is -3.40. The van der Waals surface area contributed by atoms with Crippen LogP contribution in [0.25, 0.3) is 39.4 Å². The Labute approximate surface area is 143 Å². The number of hydrogen-bond acceptors (Lipinski definition) is 2. The molecule has 0 amide bonds. The molecule has 3 aromatic heterocycles. The zero-order chi connectivity index (χ0) is 16.4. The molecule has 0 saturated heterocycles. The molecular weight excluding hydrogens is 310 g/mol. The molecule has 2 aromatic carbocycles. The molecule has 0 radical (unpaired) electrons. The fourth-order valence-corrected chi connectivity index (χ4v) is 3.90. The first kappa shape index (κ1) is 13.0. The topological polar surface area (TPSA) is 34.8 Å². The molecule has 0 fully saturated rings. The number of benzene rings is 2. The number of rotatable bonds is 1. The smallest absolute Gasteiger partial charge is 0.344 e. The van der Waals surface area contributed by atoms with Crippen LogP contribution < -0.4 is 4.57 Å². The van der Waals surface area contributed by atoms with E-state index in [0.717, 1.165) is 45.9 Å². The van der Waals surface area contributed by atoms with Gasteiger partial charge in [0.15, 0.2) is 5.69 Å². The van der Waals surface area contributed by atoms with Crippen molar-refractivity contribution in [1.29, 1.82) is 0 Å². The fraction of sp³-hybridized carbons (Fsp3) is 0.0476. The van der Waals surface area contributed by atoms with Crippen molar-refractivity contribution in [2.45, 2.75) is 6.54 Å². The molecule has 1 aliphatic heterocycles. The summed E-state index contributed by atoms with van der Waals surface area (Å²) in [6.45, 7) is 0.818. The molecule has 118 valence electrons. The summed E-state index contributed by atoms with van der Waals surface area (Å²) in [5.74, 6) is 1.08. The zero-order valence-electron chi connectivity index (χ0n) is 13.4. The van der Waals surface area contributed by atoms with Crippen molar-refractivity contribution >= 4 is 22.2 Å². The third kappa shape index (κ3) is 1.61. The molecule has 4 heterocycles. The van der Waals surface area contributed by atoms with E-state index in [9.17, 15) is 0 Å². The van der Waals surface area contributed by atoms with Crippen molar-refractivity contribution in [3.8, 4) is 17.2 Å². The third-order valence-corrected chi connectivity index (χ3v) is 4.94. The second-order valence-electron chi connectivity index (χ2n) is 6.34. The van der Waals surface area contributed by atoms with Gasteiger partial charge in [0, 0.05) is 11.8 Å². The molecule has 0 N–H and O–H groups in total. The maximum atomic E-state index is 6.26. The third-order valence-electron chi connectivity index (χ3n) is 4.94. The summed E-state index contributed by atoms with van der Waals surface area (Å²) in [4.78, 5) is 4.66. The Bertz CT molecular complexity index is 1260. The molecule has 25 heavy (non-hydrogen) atoms. The molecule has 0 unspecified atom stereocenters. The summed E-state index contributed by atoms with van der Waals surface area (Å²) in [5, 5.41) is 1.14. The van der Waals surface area contributed by atoms with E-state index in [1.54, 1.807) is 0 Å². The van der Waals surface area contributed by atoms with Crippen LogP contribution in [0.15, 0.2) is 77.3 Å². The van der Waals surface area contributed by atoms with Gasteiger partial charge >= 0.3 is 11.5 Å². The monoisotopic (exact) mass is 324 g/mol. The Morgan fingerprint density at radius 1 is 0.920 bits per heavy atom. The second kappa shape index (κ2) is 4.57. The summed E-state index contributed by atoms with van der Waals surface area (Å²) in [6.07, 6.45) is 1.86. The summed E-state index contributed by atoms with van der Waals surface area (Å²) in [7, 11) is 0. The van der Waals surface area contributed by atoms with Gasteiger partial charge in [-0.05, 0) is 30.3 Å². The van der Waals surface area contributed by atoms with Gasteiger partial charge in [0.25, 0.3) is 0 Å². The number of aromatic nitrogens is 3. The average molecular weight is 324 g/mol. The highest BCUT2D eigenvalue weighted by atomic mass is 16.3. The number of fused-ring (bicyclic) bond motifs is 7. The maximum Gasteiger partial charge on any atom is 0.344 e. The van der Waals surface area contributed by atoms with Crippen molar-refractivity contribution in [1.82, 2.24) is 9.55 Å². The van der Waals surface area contributed by atoms with Gasteiger partial charge in [0.2, 0.25) is 5.52 Å². The summed E-state index contributed by atoms with van der Waals surface area (Å²) in [5.41, 5.74) is 6.28. The molecule has 0 saturated carbocycles. The first-order valence-corrected chi connectivity index (χ1v) is 8.37. The molecule has 1 aliphatic rings. The van der Waals surface area contributed by atoms with Gasteiger partial charge in [0.05, 0.1) is 5.39 Å². The molecule has 4 heteroatoms. The first-order valence-electron chi connectivity index (χ1n) is 8.37. The highest BCUT2D eigenvalue weighted by Gasteiger charge is 2.39. The largest absolute Gasteiger partial charge is 0.419 e. The maximum absolute atomic E-state index is 6.26. The van der Waals surface area contributed by atoms with Crippen LogP contribution in [0.5, 0.6) is 0 Å². The lowest BCUT2D eigenvalue weighted by Gasteiger charge is -1.99. The van der Waals surface area contributed by atoms with Gasteiger partial charge in [-0.2, -0.15) is 4.57 Å². The average Bonchev–Trinajstić information content (AvgIpc) is 3.29. The van der Waals surface area contributed by atoms with Gasteiger partial charge in [-0.25, -0.2) is 9.55 Å². The molecule has 0 atom stereocenters. The van der Waals surface area contributed by atoms with E-state index in [-0.39, 0.29) is 0 Å². The molecule has 0 bridgehead atoms. The van der Waals surface area contributed by atoms with Crippen LogP contribution in [0.3, 0.4) is 0 Å². The van der Waals surface area contributed by atoms with E-state index in [4.69, 9.17) is 4.42 Å². The number of nitrogens with zero attached hydrogens (tertiary/aromatic N) is 3. The lowest BCUT2D eigenvalue weighted by atomic mass is 10.2. The number of hydrogen-bond donors (Lipinski definition) is 0. The molecule has 0 spiro atoms. The minimum atomic E-state index is 0.818. The number of para-hydroxylation sites is 2. The van der Waals surface area contributed by atoms with Crippen molar-refractivity contribution in [3.63, 3.8) is 0 Å². The Morgan fingerprint density at radius 3 is 2.68 bits per heavy atom. The number of furan rings is 1. The van der Waals surface area contributed by atoms with Crippen LogP contribution in [0.2, 0.25) is 0 Å². The van der Waals surface area contributed by atoms with E-state index >= 15 is 0 Å². The molecule has 5 aromatic rings. The number of imidazole rings is 1. The standard InChI is InChI=1S/C21H14N3O/c1-2-8-15(9-3-1)24-20-18-14(7-6-12-22-18)13-23(20)19-16-10-4-5-11-17(16)25-21(19)24/h1-12H,13H2/q+1. The van der Waals surface area contributed by atoms with E-state index < -0.39 is 0 Å². The van der Waals surface area contributed by atoms with Gasteiger partial charge in [-0.3, -0.25) is 0 Å². The van der Waals surface area contributed by atoms with Crippen LogP contribution in [-0.4, -0.2) is 9.55 Å². The predicted molar refractivity (Wildman–Crippen MR) is 95.6 cm³/mol. The summed E-state index contributed by atoms with van der Waals surface area (Å²) in [6, 6.07) is 22.7. The minimum Gasteiger partial charge on any atom is -0.419 e. The van der Waals surface area contributed by atoms with E-state index in [2.05, 4.69) is 56.6 Å². The zero-order valence-corrected chi connectivity index (χ0v) is 13.4. The second-order valence-corrected chi connectivity index (χ2v) is 6.34. The van der Waals surface area contributed by atoms with Crippen LogP contribution in [-0.2, 0) is 6.54 Å². The summed E-state index contributed by atoms with van der Waals surface area (Å²) >= 11 is 0. The molecule has 4 nitrogen and oxygen atoms in total. The van der Waals surface area contributed by atoms with Crippen molar-refractivity contribution < 1.29 is 8.98 Å². The van der Waals surface area contributed by atoms with Crippen molar-refractivity contribution in [2.75, 3.05) is 0 Å². The summed E-state index contributed by atoms with van der Waals surface area (Å²) < 4.78 is 10.8. The normalized spacial score (nSPS) is 12.6. The predicted octanol–water partition coefficient (Wildman–Crippen LogP) is 4.09. The minimum absolute atomic E-state index is 0.818. The van der Waals surface area contributed by atoms with Gasteiger partial charge in [0.1, 0.15) is 17.8 Å². The van der Waals surface area contributed by atoms with E-state index in [1.807, 2.05) is 30.5 Å². The van der Waals surface area contributed by atoms with Gasteiger partial charge < -0.3 is 4.42 Å². The number of pyridine rings is 1. The molecular formula is C21H14N3O+. The van der Waals surface area contributed by atoms with Crippen LogP contribution in [0.1, 0.15) is 5.56 Å². The lowest BCUT2D eigenvalue weighted by molar-refractivity contribution is -0.645. The van der Waals surface area contributed by atoms with Crippen LogP contribution in [0, 0.1) is 0 Å². The van der Waals surface area contributed by atoms with Gasteiger partial charge in [-0.15, -0.1) is 0 Å².